The Bertz CT molecular complexity index is 632. The number of halogens is 1. The van der Waals surface area contributed by atoms with Gasteiger partial charge in [-0.2, -0.15) is 0 Å². The molecule has 0 saturated carbocycles. The molecule has 2 N–H and O–H groups in total. The van der Waals surface area contributed by atoms with Crippen molar-refractivity contribution < 1.29 is 0 Å². The third-order valence-corrected chi connectivity index (χ3v) is 3.71. The van der Waals surface area contributed by atoms with Gasteiger partial charge in [-0.25, -0.2) is 9.97 Å². The first-order chi connectivity index (χ1) is 9.69. The van der Waals surface area contributed by atoms with Gasteiger partial charge in [-0.3, -0.25) is 4.79 Å². The summed E-state index contributed by atoms with van der Waals surface area (Å²) in [6.07, 6.45) is 2.51. The Labute approximate surface area is 126 Å². The number of anilines is 1. The highest BCUT2D eigenvalue weighted by molar-refractivity contribution is 7.98. The molecule has 0 atom stereocenters. The molecule has 2 rings (SSSR count). The smallest absolute Gasteiger partial charge is 0.251 e. The Morgan fingerprint density at radius 1 is 1.40 bits per heavy atom. The Kier molecular flexibility index (Phi) is 5.43. The second-order valence-corrected chi connectivity index (χ2v) is 5.45. The number of nitrogens with one attached hydrogen (secondary N) is 2. The maximum atomic E-state index is 11.2. The number of hydrogen-bond acceptors (Lipinski definition) is 5. The van der Waals surface area contributed by atoms with Crippen molar-refractivity contribution in [1.29, 1.82) is 0 Å². The molecule has 2 aromatic heterocycles. The molecule has 0 aliphatic rings. The summed E-state index contributed by atoms with van der Waals surface area (Å²) in [6, 6.07) is 5.06. The van der Waals surface area contributed by atoms with Gasteiger partial charge in [-0.05, 0) is 18.6 Å². The van der Waals surface area contributed by atoms with Crippen molar-refractivity contribution in [2.75, 3.05) is 11.9 Å². The van der Waals surface area contributed by atoms with E-state index in [4.69, 9.17) is 11.6 Å². The van der Waals surface area contributed by atoms with Gasteiger partial charge in [0.05, 0.1) is 10.7 Å². The summed E-state index contributed by atoms with van der Waals surface area (Å²) in [5.74, 6) is 1.36. The maximum Gasteiger partial charge on any atom is 0.251 e. The fourth-order valence-electron chi connectivity index (χ4n) is 1.50. The lowest BCUT2D eigenvalue weighted by atomic mass is 10.3. The number of aromatic amines is 1. The van der Waals surface area contributed by atoms with Crippen molar-refractivity contribution in [3.05, 3.63) is 45.5 Å². The topological polar surface area (TPSA) is 70.7 Å². The maximum absolute atomic E-state index is 11.2. The average Bonchev–Trinajstić information content (AvgIpc) is 2.45. The van der Waals surface area contributed by atoms with Crippen molar-refractivity contribution >= 4 is 29.2 Å². The Morgan fingerprint density at radius 2 is 2.25 bits per heavy atom. The van der Waals surface area contributed by atoms with Crippen molar-refractivity contribution in [3.63, 3.8) is 0 Å². The van der Waals surface area contributed by atoms with E-state index in [2.05, 4.69) is 27.2 Å². The Balaban J connectivity index is 2.06. The van der Waals surface area contributed by atoms with Crippen LogP contribution in [-0.2, 0) is 5.75 Å². The van der Waals surface area contributed by atoms with Gasteiger partial charge in [0, 0.05) is 24.6 Å². The molecule has 0 fully saturated rings. The highest BCUT2D eigenvalue weighted by atomic mass is 35.5. The zero-order chi connectivity index (χ0) is 14.4. The molecule has 0 unspecified atom stereocenters. The summed E-state index contributed by atoms with van der Waals surface area (Å²) in [6.45, 7) is 2.96. The molecule has 0 aliphatic heterocycles. The second-order valence-electron chi connectivity index (χ2n) is 4.08. The van der Waals surface area contributed by atoms with E-state index in [1.807, 2.05) is 12.1 Å². The zero-order valence-electron chi connectivity index (χ0n) is 11.0. The van der Waals surface area contributed by atoms with Crippen molar-refractivity contribution in [2.45, 2.75) is 24.3 Å². The molecule has 0 aliphatic carbocycles. The highest BCUT2D eigenvalue weighted by Gasteiger charge is 2.06. The van der Waals surface area contributed by atoms with Gasteiger partial charge in [0.1, 0.15) is 5.82 Å². The summed E-state index contributed by atoms with van der Waals surface area (Å²) in [5.41, 5.74) is 0.601. The monoisotopic (exact) mass is 310 g/mol. The quantitative estimate of drug-likeness (QED) is 0.634. The van der Waals surface area contributed by atoms with Crippen molar-refractivity contribution in [2.24, 2.45) is 0 Å². The van der Waals surface area contributed by atoms with E-state index in [1.54, 1.807) is 0 Å². The van der Waals surface area contributed by atoms with E-state index in [-0.39, 0.29) is 5.56 Å². The van der Waals surface area contributed by atoms with Crippen LogP contribution in [0.1, 0.15) is 19.0 Å². The standard InChI is InChI=1S/C13H15ClN4OS/c1-2-6-15-11-4-3-9(14)10(17-11)8-20-13-16-7-5-12(19)18-13/h3-5,7H,2,6,8H2,1H3,(H,15,17)(H,16,18,19). The molecule has 0 spiro atoms. The Hall–Kier alpha value is -1.53. The summed E-state index contributed by atoms with van der Waals surface area (Å²) in [5, 5.41) is 4.38. The summed E-state index contributed by atoms with van der Waals surface area (Å²) < 4.78 is 0. The third-order valence-electron chi connectivity index (χ3n) is 2.47. The van der Waals surface area contributed by atoms with Crippen LogP contribution in [0.4, 0.5) is 5.82 Å². The molecule has 0 amide bonds. The van der Waals surface area contributed by atoms with E-state index in [1.165, 1.54) is 24.0 Å². The number of aromatic nitrogens is 3. The van der Waals surface area contributed by atoms with Crippen LogP contribution in [0.2, 0.25) is 5.02 Å². The highest BCUT2D eigenvalue weighted by Crippen LogP contribution is 2.24. The lowest BCUT2D eigenvalue weighted by Crippen LogP contribution is -2.06. The first kappa shape index (κ1) is 14.9. The number of H-pyrrole nitrogens is 1. The fourth-order valence-corrected chi connectivity index (χ4v) is 2.55. The number of nitrogens with zero attached hydrogens (tertiary/aromatic N) is 2. The van der Waals surface area contributed by atoms with Gasteiger partial charge < -0.3 is 10.3 Å². The lowest BCUT2D eigenvalue weighted by molar-refractivity contribution is 0.934. The second kappa shape index (κ2) is 7.31. The normalized spacial score (nSPS) is 10.5. The predicted molar refractivity (Wildman–Crippen MR) is 82.4 cm³/mol. The van der Waals surface area contributed by atoms with Crippen LogP contribution >= 0.6 is 23.4 Å². The van der Waals surface area contributed by atoms with E-state index >= 15 is 0 Å². The molecule has 2 heterocycles. The van der Waals surface area contributed by atoms with Crippen LogP contribution in [0.25, 0.3) is 0 Å². The first-order valence-electron chi connectivity index (χ1n) is 6.26. The lowest BCUT2D eigenvalue weighted by Gasteiger charge is -2.08. The third kappa shape index (κ3) is 4.25. The van der Waals surface area contributed by atoms with Crippen LogP contribution in [0, 0.1) is 0 Å². The minimum absolute atomic E-state index is 0.167. The molecule has 20 heavy (non-hydrogen) atoms. The van der Waals surface area contributed by atoms with Crippen LogP contribution < -0.4 is 10.9 Å². The Morgan fingerprint density at radius 3 is 3.00 bits per heavy atom. The van der Waals surface area contributed by atoms with Gasteiger partial charge in [-0.15, -0.1) is 0 Å². The molecule has 5 nitrogen and oxygen atoms in total. The molecule has 0 aromatic carbocycles. The van der Waals surface area contributed by atoms with E-state index in [0.717, 1.165) is 24.5 Å². The van der Waals surface area contributed by atoms with Crippen molar-refractivity contribution in [1.82, 2.24) is 15.0 Å². The summed E-state index contributed by atoms with van der Waals surface area (Å²) in [7, 11) is 0. The van der Waals surface area contributed by atoms with Gasteiger partial charge in [0.25, 0.3) is 5.56 Å². The van der Waals surface area contributed by atoms with Crippen LogP contribution in [-0.4, -0.2) is 21.5 Å². The summed E-state index contributed by atoms with van der Waals surface area (Å²) in [4.78, 5) is 22.4. The molecule has 0 radical (unpaired) electrons. The van der Waals surface area contributed by atoms with Crippen LogP contribution in [0.3, 0.4) is 0 Å². The van der Waals surface area contributed by atoms with E-state index < -0.39 is 0 Å². The SMILES string of the molecule is CCCNc1ccc(Cl)c(CSc2nccc(=O)[nH]2)n1. The van der Waals surface area contributed by atoms with E-state index in [9.17, 15) is 4.79 Å². The van der Waals surface area contributed by atoms with Gasteiger partial charge in [0.2, 0.25) is 0 Å². The number of hydrogen-bond donors (Lipinski definition) is 2. The molecule has 106 valence electrons. The van der Waals surface area contributed by atoms with Crippen molar-refractivity contribution in [3.8, 4) is 0 Å². The zero-order valence-corrected chi connectivity index (χ0v) is 12.6. The molecule has 7 heteroatoms. The van der Waals surface area contributed by atoms with E-state index in [0.29, 0.717) is 15.9 Å². The van der Waals surface area contributed by atoms with Gasteiger partial charge in [-0.1, -0.05) is 30.3 Å². The van der Waals surface area contributed by atoms with Gasteiger partial charge >= 0.3 is 0 Å². The molecule has 0 bridgehead atoms. The number of rotatable bonds is 6. The average molecular weight is 311 g/mol. The minimum Gasteiger partial charge on any atom is -0.370 e. The predicted octanol–water partition coefficient (Wildman–Crippen LogP) is 2.93. The largest absolute Gasteiger partial charge is 0.370 e. The van der Waals surface area contributed by atoms with Crippen LogP contribution in [0.5, 0.6) is 0 Å². The molecular weight excluding hydrogens is 296 g/mol. The number of pyridine rings is 1. The number of thioether (sulfide) groups is 1. The minimum atomic E-state index is -0.167. The molecule has 2 aromatic rings. The van der Waals surface area contributed by atoms with Crippen LogP contribution in [0.15, 0.2) is 34.3 Å². The molecule has 0 saturated heterocycles. The first-order valence-corrected chi connectivity index (χ1v) is 7.63. The van der Waals surface area contributed by atoms with Gasteiger partial charge in [0.15, 0.2) is 5.16 Å². The summed E-state index contributed by atoms with van der Waals surface area (Å²) >= 11 is 7.52. The molecular formula is C13H15ClN4OS. The fraction of sp³-hybridized carbons (Fsp3) is 0.308.